The number of nitrogens with zero attached hydrogens (tertiary/aromatic N) is 1. The van der Waals surface area contributed by atoms with E-state index in [0.717, 1.165) is 17.1 Å². The molecule has 2 N–H and O–H groups in total. The molecule has 0 aliphatic heterocycles. The molecular formula is C20H28IN3O3. The van der Waals surface area contributed by atoms with Gasteiger partial charge in [-0.15, -0.1) is 24.0 Å². The maximum Gasteiger partial charge on any atom is 0.191 e. The van der Waals surface area contributed by atoms with Gasteiger partial charge in [0.25, 0.3) is 0 Å². The lowest BCUT2D eigenvalue weighted by molar-refractivity contribution is 0.184. The Morgan fingerprint density at radius 2 is 1.56 bits per heavy atom. The fourth-order valence-corrected chi connectivity index (χ4v) is 2.60. The number of rotatable bonds is 8. The lowest BCUT2D eigenvalue weighted by Crippen LogP contribution is -2.36. The number of ether oxygens (including phenoxy) is 3. The molecule has 2 rings (SSSR count). The van der Waals surface area contributed by atoms with Gasteiger partial charge in [0, 0.05) is 27.2 Å². The molecule has 0 bridgehead atoms. The highest BCUT2D eigenvalue weighted by Crippen LogP contribution is 2.27. The fraction of sp³-hybridized carbons (Fsp3) is 0.350. The number of guanidine groups is 1. The Hall–Kier alpha value is -2.00. The summed E-state index contributed by atoms with van der Waals surface area (Å²) in [4.78, 5) is 4.28. The van der Waals surface area contributed by atoms with E-state index in [4.69, 9.17) is 14.2 Å². The summed E-state index contributed by atoms with van der Waals surface area (Å²) >= 11 is 0. The highest BCUT2D eigenvalue weighted by atomic mass is 127. The predicted octanol–water partition coefficient (Wildman–Crippen LogP) is 3.33. The van der Waals surface area contributed by atoms with Crippen LogP contribution >= 0.6 is 24.0 Å². The van der Waals surface area contributed by atoms with Crippen molar-refractivity contribution in [1.82, 2.24) is 10.6 Å². The van der Waals surface area contributed by atoms with Crippen molar-refractivity contribution in [2.45, 2.75) is 19.7 Å². The molecule has 27 heavy (non-hydrogen) atoms. The third kappa shape index (κ3) is 6.91. The van der Waals surface area contributed by atoms with Crippen LogP contribution < -0.4 is 20.1 Å². The smallest absolute Gasteiger partial charge is 0.191 e. The van der Waals surface area contributed by atoms with Gasteiger partial charge in [-0.05, 0) is 28.8 Å². The maximum atomic E-state index is 5.34. The number of benzene rings is 2. The third-order valence-electron chi connectivity index (χ3n) is 4.00. The van der Waals surface area contributed by atoms with Gasteiger partial charge in [0.1, 0.15) is 0 Å². The van der Waals surface area contributed by atoms with Gasteiger partial charge in [0.15, 0.2) is 17.5 Å². The SMILES string of the molecule is CN=C(NCc1ccc(OC)c(OC)c1)NCc1ccccc1COC.I. The average Bonchev–Trinajstić information content (AvgIpc) is 2.69. The van der Waals surface area contributed by atoms with Crippen LogP contribution in [0.3, 0.4) is 0 Å². The first-order valence-corrected chi connectivity index (χ1v) is 8.43. The number of halogens is 1. The van der Waals surface area contributed by atoms with E-state index in [9.17, 15) is 0 Å². The Morgan fingerprint density at radius 3 is 2.19 bits per heavy atom. The number of methoxy groups -OCH3 is 3. The number of hydrogen-bond acceptors (Lipinski definition) is 4. The summed E-state index contributed by atoms with van der Waals surface area (Å²) in [6.07, 6.45) is 0. The highest BCUT2D eigenvalue weighted by Gasteiger charge is 2.06. The van der Waals surface area contributed by atoms with Gasteiger partial charge in [-0.1, -0.05) is 30.3 Å². The van der Waals surface area contributed by atoms with Gasteiger partial charge in [-0.25, -0.2) is 0 Å². The lowest BCUT2D eigenvalue weighted by Gasteiger charge is -2.15. The van der Waals surface area contributed by atoms with Gasteiger partial charge >= 0.3 is 0 Å². The van der Waals surface area contributed by atoms with Crippen LogP contribution in [0.4, 0.5) is 0 Å². The molecule has 0 spiro atoms. The van der Waals surface area contributed by atoms with E-state index in [-0.39, 0.29) is 24.0 Å². The zero-order valence-electron chi connectivity index (χ0n) is 16.2. The van der Waals surface area contributed by atoms with Crippen molar-refractivity contribution in [2.75, 3.05) is 28.4 Å². The summed E-state index contributed by atoms with van der Waals surface area (Å²) in [6, 6.07) is 14.0. The van der Waals surface area contributed by atoms with Crippen molar-refractivity contribution in [2.24, 2.45) is 4.99 Å². The second-order valence-electron chi connectivity index (χ2n) is 5.67. The minimum absolute atomic E-state index is 0. The zero-order valence-corrected chi connectivity index (χ0v) is 18.6. The second-order valence-corrected chi connectivity index (χ2v) is 5.67. The molecule has 0 amide bonds. The van der Waals surface area contributed by atoms with E-state index in [1.807, 2.05) is 30.3 Å². The van der Waals surface area contributed by atoms with Gasteiger partial charge in [0.2, 0.25) is 0 Å². The second kappa shape index (κ2) is 12.4. The molecule has 0 heterocycles. The minimum Gasteiger partial charge on any atom is -0.493 e. The minimum atomic E-state index is 0. The van der Waals surface area contributed by atoms with Crippen molar-refractivity contribution in [1.29, 1.82) is 0 Å². The molecule has 0 radical (unpaired) electrons. The molecule has 0 aromatic heterocycles. The van der Waals surface area contributed by atoms with Crippen molar-refractivity contribution >= 4 is 29.9 Å². The quantitative estimate of drug-likeness (QED) is 0.341. The van der Waals surface area contributed by atoms with Crippen molar-refractivity contribution < 1.29 is 14.2 Å². The van der Waals surface area contributed by atoms with Crippen LogP contribution in [-0.4, -0.2) is 34.3 Å². The van der Waals surface area contributed by atoms with Crippen LogP contribution in [0.15, 0.2) is 47.5 Å². The molecule has 0 fully saturated rings. The molecule has 2 aromatic rings. The van der Waals surface area contributed by atoms with Crippen LogP contribution in [0.5, 0.6) is 11.5 Å². The Balaban J connectivity index is 0.00000364. The standard InChI is InChI=1S/C20H27N3O3.HI/c1-21-20(23-13-16-7-5-6-8-17(16)14-24-2)22-12-15-9-10-18(25-3)19(11-15)26-4;/h5-11H,12-14H2,1-4H3,(H2,21,22,23);1H. The average molecular weight is 485 g/mol. The van der Waals surface area contributed by atoms with Crippen LogP contribution in [0.1, 0.15) is 16.7 Å². The van der Waals surface area contributed by atoms with E-state index in [1.54, 1.807) is 28.4 Å². The molecule has 0 saturated carbocycles. The normalized spacial score (nSPS) is 10.7. The number of nitrogens with one attached hydrogen (secondary N) is 2. The molecule has 0 atom stereocenters. The molecule has 0 aliphatic rings. The van der Waals surface area contributed by atoms with E-state index in [0.29, 0.717) is 31.2 Å². The Kier molecular flexibility index (Phi) is 10.6. The third-order valence-corrected chi connectivity index (χ3v) is 4.00. The summed E-state index contributed by atoms with van der Waals surface area (Å²) < 4.78 is 15.9. The first kappa shape index (κ1) is 23.0. The molecule has 7 heteroatoms. The van der Waals surface area contributed by atoms with Crippen LogP contribution in [0.2, 0.25) is 0 Å². The Bertz CT molecular complexity index is 738. The van der Waals surface area contributed by atoms with Crippen LogP contribution in [0, 0.1) is 0 Å². The summed E-state index contributed by atoms with van der Waals surface area (Å²) in [7, 11) is 6.72. The molecule has 0 saturated heterocycles. The summed E-state index contributed by atoms with van der Waals surface area (Å²) in [5.41, 5.74) is 3.42. The Labute approximate surface area is 178 Å². The van der Waals surface area contributed by atoms with Crippen LogP contribution in [0.25, 0.3) is 0 Å². The maximum absolute atomic E-state index is 5.34. The molecule has 0 aliphatic carbocycles. The van der Waals surface area contributed by atoms with Gasteiger partial charge in [0.05, 0.1) is 20.8 Å². The van der Waals surface area contributed by atoms with E-state index in [1.165, 1.54) is 5.56 Å². The largest absolute Gasteiger partial charge is 0.493 e. The summed E-state index contributed by atoms with van der Waals surface area (Å²) in [5, 5.41) is 6.64. The molecule has 2 aromatic carbocycles. The first-order chi connectivity index (χ1) is 12.7. The molecular weight excluding hydrogens is 457 g/mol. The van der Waals surface area contributed by atoms with Crippen LogP contribution in [-0.2, 0) is 24.4 Å². The zero-order chi connectivity index (χ0) is 18.8. The highest BCUT2D eigenvalue weighted by molar-refractivity contribution is 14.0. The fourth-order valence-electron chi connectivity index (χ4n) is 2.60. The van der Waals surface area contributed by atoms with Crippen molar-refractivity contribution in [3.05, 3.63) is 59.2 Å². The number of aliphatic imine (C=N–C) groups is 1. The molecule has 148 valence electrons. The Morgan fingerprint density at radius 1 is 0.889 bits per heavy atom. The first-order valence-electron chi connectivity index (χ1n) is 8.43. The van der Waals surface area contributed by atoms with E-state index < -0.39 is 0 Å². The van der Waals surface area contributed by atoms with E-state index >= 15 is 0 Å². The van der Waals surface area contributed by atoms with Gasteiger partial charge < -0.3 is 24.8 Å². The van der Waals surface area contributed by atoms with Crippen molar-refractivity contribution in [3.8, 4) is 11.5 Å². The predicted molar refractivity (Wildman–Crippen MR) is 119 cm³/mol. The lowest BCUT2D eigenvalue weighted by atomic mass is 10.1. The molecule has 6 nitrogen and oxygen atoms in total. The summed E-state index contributed by atoms with van der Waals surface area (Å²) in [5.74, 6) is 2.16. The monoisotopic (exact) mass is 485 g/mol. The topological polar surface area (TPSA) is 64.1 Å². The van der Waals surface area contributed by atoms with E-state index in [2.05, 4.69) is 27.8 Å². The van der Waals surface area contributed by atoms with Gasteiger partial charge in [-0.2, -0.15) is 0 Å². The van der Waals surface area contributed by atoms with Gasteiger partial charge in [-0.3, -0.25) is 4.99 Å². The van der Waals surface area contributed by atoms with Crippen molar-refractivity contribution in [3.63, 3.8) is 0 Å². The number of hydrogen-bond donors (Lipinski definition) is 2. The molecule has 0 unspecified atom stereocenters. The summed E-state index contributed by atoms with van der Waals surface area (Å²) in [6.45, 7) is 1.89.